The molecule has 2 aliphatic rings. The molecule has 0 atom stereocenters. The van der Waals surface area contributed by atoms with Crippen LogP contribution in [-0.2, 0) is 16.0 Å². The van der Waals surface area contributed by atoms with Gasteiger partial charge < -0.3 is 15.0 Å². The van der Waals surface area contributed by atoms with Crippen molar-refractivity contribution in [3.05, 3.63) is 28.2 Å². The molecule has 0 radical (unpaired) electrons. The Hall–Kier alpha value is -2.09. The Morgan fingerprint density at radius 2 is 2.04 bits per heavy atom. The van der Waals surface area contributed by atoms with Crippen LogP contribution in [-0.4, -0.2) is 60.4 Å². The molecule has 2 aliphatic heterocycles. The number of benzene rings is 1. The maximum Gasteiger partial charge on any atom is 0.324 e. The van der Waals surface area contributed by atoms with E-state index >= 15 is 0 Å². The summed E-state index contributed by atoms with van der Waals surface area (Å²) in [4.78, 5) is 39.1. The summed E-state index contributed by atoms with van der Waals surface area (Å²) in [5, 5.41) is 2.55. The molecule has 7 nitrogen and oxygen atoms in total. The summed E-state index contributed by atoms with van der Waals surface area (Å²) in [5.74, 6) is 0.695. The van der Waals surface area contributed by atoms with Gasteiger partial charge in [0, 0.05) is 25.6 Å². The minimum absolute atomic E-state index is 0.0788. The summed E-state index contributed by atoms with van der Waals surface area (Å²) in [6.07, 6.45) is 2.37. The van der Waals surface area contributed by atoms with Crippen LogP contribution in [0.25, 0.3) is 0 Å². The van der Waals surface area contributed by atoms with Gasteiger partial charge in [-0.1, -0.05) is 6.07 Å². The smallest absolute Gasteiger partial charge is 0.324 e. The Labute approximate surface area is 160 Å². The fraction of sp³-hybridized carbons (Fsp3) is 0.500. The molecule has 1 aromatic rings. The summed E-state index contributed by atoms with van der Waals surface area (Å²) in [6.45, 7) is 1.23. The normalized spacial score (nSPS) is 18.2. The highest BCUT2D eigenvalue weighted by atomic mass is 79.9. The summed E-state index contributed by atoms with van der Waals surface area (Å²) in [6, 6.07) is 5.39. The maximum absolute atomic E-state index is 12.5. The number of amides is 4. The van der Waals surface area contributed by atoms with Gasteiger partial charge in [0.25, 0.3) is 0 Å². The summed E-state index contributed by atoms with van der Waals surface area (Å²) in [7, 11) is 1.62. The van der Waals surface area contributed by atoms with Crippen LogP contribution in [0.3, 0.4) is 0 Å². The minimum atomic E-state index is -0.315. The lowest BCUT2D eigenvalue weighted by Gasteiger charge is -2.35. The first-order chi connectivity index (χ1) is 12.5. The molecule has 1 N–H and O–H groups in total. The summed E-state index contributed by atoms with van der Waals surface area (Å²) < 4.78 is 6.08. The highest BCUT2D eigenvalue weighted by Crippen LogP contribution is 2.26. The van der Waals surface area contributed by atoms with Crippen molar-refractivity contribution in [2.45, 2.75) is 31.7 Å². The van der Waals surface area contributed by atoms with Crippen LogP contribution in [0.4, 0.5) is 4.79 Å². The van der Waals surface area contributed by atoms with E-state index in [0.717, 1.165) is 15.8 Å². The first-order valence-corrected chi connectivity index (χ1v) is 9.49. The second kappa shape index (κ2) is 8.07. The topological polar surface area (TPSA) is 79.0 Å². The molecule has 1 aromatic carbocycles. The average molecular weight is 424 g/mol. The molecule has 2 heterocycles. The number of halogens is 1. The molecular weight excluding hydrogens is 402 g/mol. The molecule has 0 spiro atoms. The number of carbonyl (C=O) groups excluding carboxylic acids is 3. The number of hydrogen-bond donors (Lipinski definition) is 1. The number of nitrogens with one attached hydrogen (secondary N) is 1. The number of piperidine rings is 1. The molecule has 2 fully saturated rings. The Balaban J connectivity index is 1.49. The van der Waals surface area contributed by atoms with Gasteiger partial charge in [0.15, 0.2) is 0 Å². The van der Waals surface area contributed by atoms with Crippen molar-refractivity contribution in [2.75, 3.05) is 26.7 Å². The quantitative estimate of drug-likeness (QED) is 0.733. The second-order valence-corrected chi connectivity index (χ2v) is 7.36. The van der Waals surface area contributed by atoms with Crippen molar-refractivity contribution in [1.29, 1.82) is 0 Å². The monoisotopic (exact) mass is 423 g/mol. The summed E-state index contributed by atoms with van der Waals surface area (Å²) in [5.41, 5.74) is 1.07. The van der Waals surface area contributed by atoms with Crippen molar-refractivity contribution in [3.63, 3.8) is 0 Å². The third kappa shape index (κ3) is 4.00. The standard InChI is InChI=1S/C18H22BrN3O4/c1-26-15-4-2-12(10-14(15)19)3-5-16(23)21-8-6-13(7-9-21)22-17(24)11-20-18(22)25/h2,4,10,13H,3,5-9,11H2,1H3,(H,20,25). The van der Waals surface area contributed by atoms with E-state index in [0.29, 0.717) is 38.8 Å². The number of aryl methyl sites for hydroxylation is 1. The van der Waals surface area contributed by atoms with Crippen LogP contribution in [0, 0.1) is 0 Å². The Morgan fingerprint density at radius 3 is 2.62 bits per heavy atom. The van der Waals surface area contributed by atoms with Crippen molar-refractivity contribution in [3.8, 4) is 5.75 Å². The van der Waals surface area contributed by atoms with E-state index < -0.39 is 0 Å². The van der Waals surface area contributed by atoms with E-state index in [1.807, 2.05) is 23.1 Å². The molecule has 0 aromatic heterocycles. The largest absolute Gasteiger partial charge is 0.496 e. The lowest BCUT2D eigenvalue weighted by Crippen LogP contribution is -2.49. The van der Waals surface area contributed by atoms with E-state index in [1.54, 1.807) is 7.11 Å². The second-order valence-electron chi connectivity index (χ2n) is 6.50. The molecule has 0 unspecified atom stereocenters. The van der Waals surface area contributed by atoms with E-state index in [9.17, 15) is 14.4 Å². The molecule has 140 valence electrons. The molecule has 0 saturated carbocycles. The van der Waals surface area contributed by atoms with Crippen molar-refractivity contribution in [2.24, 2.45) is 0 Å². The van der Waals surface area contributed by atoms with Gasteiger partial charge in [0.2, 0.25) is 11.8 Å². The minimum Gasteiger partial charge on any atom is -0.496 e. The van der Waals surface area contributed by atoms with Crippen LogP contribution in [0.5, 0.6) is 5.75 Å². The number of ether oxygens (including phenoxy) is 1. The van der Waals surface area contributed by atoms with Gasteiger partial charge in [-0.05, 0) is 52.9 Å². The number of rotatable bonds is 5. The predicted octanol–water partition coefficient (Wildman–Crippen LogP) is 1.93. The lowest BCUT2D eigenvalue weighted by molar-refractivity contribution is -0.133. The highest BCUT2D eigenvalue weighted by Gasteiger charge is 2.37. The van der Waals surface area contributed by atoms with Crippen molar-refractivity contribution in [1.82, 2.24) is 15.1 Å². The predicted molar refractivity (Wildman–Crippen MR) is 98.9 cm³/mol. The van der Waals surface area contributed by atoms with Gasteiger partial charge in [-0.3, -0.25) is 14.5 Å². The zero-order valence-corrected chi connectivity index (χ0v) is 16.3. The lowest BCUT2D eigenvalue weighted by atomic mass is 10.0. The SMILES string of the molecule is COc1ccc(CCC(=O)N2CCC(N3C(=O)CNC3=O)CC2)cc1Br. The third-order valence-corrected chi connectivity index (χ3v) is 5.52. The maximum atomic E-state index is 12.5. The van der Waals surface area contributed by atoms with Gasteiger partial charge in [-0.2, -0.15) is 0 Å². The van der Waals surface area contributed by atoms with Crippen molar-refractivity contribution >= 4 is 33.8 Å². The Bertz CT molecular complexity index is 700. The number of methoxy groups -OCH3 is 1. The molecule has 26 heavy (non-hydrogen) atoms. The molecule has 4 amide bonds. The number of urea groups is 1. The van der Waals surface area contributed by atoms with Crippen LogP contribution in [0.1, 0.15) is 24.8 Å². The third-order valence-electron chi connectivity index (χ3n) is 4.90. The number of carbonyl (C=O) groups is 3. The van der Waals surface area contributed by atoms with Gasteiger partial charge >= 0.3 is 6.03 Å². The fourth-order valence-electron chi connectivity index (χ4n) is 3.45. The fourth-order valence-corrected chi connectivity index (χ4v) is 4.04. The number of likely N-dealkylation sites (tertiary alicyclic amines) is 1. The van der Waals surface area contributed by atoms with Gasteiger partial charge in [-0.25, -0.2) is 4.79 Å². The van der Waals surface area contributed by atoms with E-state index in [2.05, 4.69) is 21.2 Å². The van der Waals surface area contributed by atoms with E-state index in [-0.39, 0.29) is 30.4 Å². The number of hydrogen-bond acceptors (Lipinski definition) is 4. The molecular formula is C18H22BrN3O4. The van der Waals surface area contributed by atoms with Gasteiger partial charge in [0.05, 0.1) is 18.1 Å². The van der Waals surface area contributed by atoms with Crippen molar-refractivity contribution < 1.29 is 19.1 Å². The van der Waals surface area contributed by atoms with E-state index in [4.69, 9.17) is 4.74 Å². The molecule has 0 bridgehead atoms. The molecule has 8 heteroatoms. The Kier molecular flexibility index (Phi) is 5.80. The molecule has 3 rings (SSSR count). The Morgan fingerprint density at radius 1 is 1.31 bits per heavy atom. The van der Waals surface area contributed by atoms with Crippen LogP contribution < -0.4 is 10.1 Å². The average Bonchev–Trinajstić information content (AvgIpc) is 2.98. The highest BCUT2D eigenvalue weighted by molar-refractivity contribution is 9.10. The van der Waals surface area contributed by atoms with Crippen LogP contribution >= 0.6 is 15.9 Å². The van der Waals surface area contributed by atoms with E-state index in [1.165, 1.54) is 4.90 Å². The van der Waals surface area contributed by atoms with Crippen LogP contribution in [0.2, 0.25) is 0 Å². The zero-order valence-electron chi connectivity index (χ0n) is 14.7. The molecule has 2 saturated heterocycles. The first-order valence-electron chi connectivity index (χ1n) is 8.69. The summed E-state index contributed by atoms with van der Waals surface area (Å²) >= 11 is 3.45. The van der Waals surface area contributed by atoms with Crippen LogP contribution in [0.15, 0.2) is 22.7 Å². The molecule has 0 aliphatic carbocycles. The number of imide groups is 1. The first kappa shape index (κ1) is 18.7. The van der Waals surface area contributed by atoms with Gasteiger partial charge in [-0.15, -0.1) is 0 Å². The number of nitrogens with zero attached hydrogens (tertiary/aromatic N) is 2. The van der Waals surface area contributed by atoms with Gasteiger partial charge in [0.1, 0.15) is 5.75 Å². The zero-order chi connectivity index (χ0) is 18.7.